The summed E-state index contributed by atoms with van der Waals surface area (Å²) in [7, 11) is -3.73. The van der Waals surface area contributed by atoms with Gasteiger partial charge in [0.25, 0.3) is 0 Å². The minimum Gasteiger partial charge on any atom is -0.454 e. The van der Waals surface area contributed by atoms with Crippen molar-refractivity contribution in [2.45, 2.75) is 32.9 Å². The number of hydrogen-bond donors (Lipinski definition) is 1. The number of aryl methyl sites for hydroxylation is 1. The van der Waals surface area contributed by atoms with Crippen molar-refractivity contribution in [3.8, 4) is 11.5 Å². The Kier molecular flexibility index (Phi) is 6.24. The van der Waals surface area contributed by atoms with Gasteiger partial charge in [-0.15, -0.1) is 0 Å². The predicted molar refractivity (Wildman–Crippen MR) is 112 cm³/mol. The lowest BCUT2D eigenvalue weighted by Gasteiger charge is -2.31. The molecular weight excluding hydrogens is 416 g/mol. The van der Waals surface area contributed by atoms with Crippen molar-refractivity contribution in [3.63, 3.8) is 0 Å². The molecule has 2 aromatic rings. The fraction of sp³-hybridized carbons (Fsp3) is 0.350. The Labute approximate surface area is 175 Å². The lowest BCUT2D eigenvalue weighted by Crippen LogP contribution is -2.49. The van der Waals surface area contributed by atoms with Gasteiger partial charge in [0, 0.05) is 11.6 Å². The summed E-state index contributed by atoms with van der Waals surface area (Å²) in [5.74, 6) is 0.886. The number of nitrogens with one attached hydrogen (secondary N) is 1. The normalized spacial score (nSPS) is 13.8. The molecule has 0 unspecified atom stereocenters. The molecule has 7 nitrogen and oxygen atoms in total. The number of fused-ring (bicyclic) bond motifs is 1. The molecule has 0 saturated carbocycles. The zero-order chi connectivity index (χ0) is 21.2. The first-order valence-corrected chi connectivity index (χ1v) is 11.3. The average Bonchev–Trinajstić information content (AvgIpc) is 3.13. The standard InChI is InChI=1S/C20H23ClN2O5S/c1-4-16(23(29(3,25)26)17-10-15(21)7-5-13(17)2)20(24)22-11-14-6-8-18-19(9-14)28-12-27-18/h5-10,16H,4,11-12H2,1-3H3,(H,22,24)/t16-/m1/s1. The van der Waals surface area contributed by atoms with E-state index in [0.717, 1.165) is 16.1 Å². The SMILES string of the molecule is CC[C@H](C(=O)NCc1ccc2c(c1)OCO2)N(c1cc(Cl)ccc1C)S(C)(=O)=O. The van der Waals surface area contributed by atoms with Crippen LogP contribution in [-0.4, -0.2) is 33.4 Å². The quantitative estimate of drug-likeness (QED) is 0.717. The highest BCUT2D eigenvalue weighted by Gasteiger charge is 2.32. The van der Waals surface area contributed by atoms with Crippen molar-refractivity contribution in [2.24, 2.45) is 0 Å². The van der Waals surface area contributed by atoms with Crippen LogP contribution in [0.2, 0.25) is 5.02 Å². The van der Waals surface area contributed by atoms with E-state index in [4.69, 9.17) is 21.1 Å². The highest BCUT2D eigenvalue weighted by Crippen LogP contribution is 2.32. The van der Waals surface area contributed by atoms with Gasteiger partial charge < -0.3 is 14.8 Å². The van der Waals surface area contributed by atoms with E-state index in [1.54, 1.807) is 44.2 Å². The van der Waals surface area contributed by atoms with Crippen molar-refractivity contribution >= 4 is 33.2 Å². The van der Waals surface area contributed by atoms with Gasteiger partial charge in [-0.05, 0) is 48.7 Å². The fourth-order valence-corrected chi connectivity index (χ4v) is 4.64. The molecule has 1 heterocycles. The second-order valence-electron chi connectivity index (χ2n) is 6.82. The first-order valence-electron chi connectivity index (χ1n) is 9.12. The highest BCUT2D eigenvalue weighted by molar-refractivity contribution is 7.92. The summed E-state index contributed by atoms with van der Waals surface area (Å²) in [5.41, 5.74) is 1.93. The molecule has 3 rings (SSSR count). The minimum atomic E-state index is -3.73. The molecule has 1 atom stereocenters. The van der Waals surface area contributed by atoms with E-state index in [-0.39, 0.29) is 13.3 Å². The molecule has 0 saturated heterocycles. The highest BCUT2D eigenvalue weighted by atomic mass is 35.5. The van der Waals surface area contributed by atoms with E-state index in [0.29, 0.717) is 34.2 Å². The van der Waals surface area contributed by atoms with Gasteiger partial charge in [-0.3, -0.25) is 9.10 Å². The van der Waals surface area contributed by atoms with E-state index in [1.165, 1.54) is 0 Å². The Morgan fingerprint density at radius 3 is 2.62 bits per heavy atom. The van der Waals surface area contributed by atoms with Gasteiger partial charge in [0.2, 0.25) is 22.7 Å². The maximum Gasteiger partial charge on any atom is 0.244 e. The topological polar surface area (TPSA) is 84.9 Å². The van der Waals surface area contributed by atoms with Crippen molar-refractivity contribution in [1.82, 2.24) is 5.32 Å². The third-order valence-electron chi connectivity index (χ3n) is 4.64. The van der Waals surface area contributed by atoms with E-state index >= 15 is 0 Å². The van der Waals surface area contributed by atoms with Gasteiger partial charge in [-0.25, -0.2) is 8.42 Å². The molecule has 0 fully saturated rings. The molecule has 0 bridgehead atoms. The number of carbonyl (C=O) groups excluding carboxylic acids is 1. The molecular formula is C20H23ClN2O5S. The van der Waals surface area contributed by atoms with Gasteiger partial charge in [0.1, 0.15) is 6.04 Å². The number of benzene rings is 2. The minimum absolute atomic E-state index is 0.172. The molecule has 1 aliphatic rings. The number of carbonyl (C=O) groups is 1. The number of anilines is 1. The van der Waals surface area contributed by atoms with Crippen molar-refractivity contribution in [3.05, 3.63) is 52.5 Å². The maximum absolute atomic E-state index is 12.9. The average molecular weight is 439 g/mol. The van der Waals surface area contributed by atoms with Crippen LogP contribution in [-0.2, 0) is 21.4 Å². The number of rotatable bonds is 7. The van der Waals surface area contributed by atoms with Gasteiger partial charge in [0.15, 0.2) is 11.5 Å². The number of ether oxygens (including phenoxy) is 2. The van der Waals surface area contributed by atoms with Gasteiger partial charge in [0.05, 0.1) is 11.9 Å². The van der Waals surface area contributed by atoms with Gasteiger partial charge in [-0.1, -0.05) is 30.7 Å². The smallest absolute Gasteiger partial charge is 0.244 e. The van der Waals surface area contributed by atoms with E-state index in [2.05, 4.69) is 5.32 Å². The Morgan fingerprint density at radius 1 is 1.21 bits per heavy atom. The zero-order valence-corrected chi connectivity index (χ0v) is 18.0. The van der Waals surface area contributed by atoms with Crippen LogP contribution in [0, 0.1) is 6.92 Å². The molecule has 0 radical (unpaired) electrons. The first kappa shape index (κ1) is 21.3. The summed E-state index contributed by atoms with van der Waals surface area (Å²) >= 11 is 6.08. The molecule has 2 aromatic carbocycles. The summed E-state index contributed by atoms with van der Waals surface area (Å²) in [6.07, 6.45) is 1.38. The predicted octanol–water partition coefficient (Wildman–Crippen LogP) is 3.24. The van der Waals surface area contributed by atoms with Crippen LogP contribution in [0.25, 0.3) is 0 Å². The molecule has 0 aromatic heterocycles. The van der Waals surface area contributed by atoms with Crippen molar-refractivity contribution in [2.75, 3.05) is 17.4 Å². The van der Waals surface area contributed by atoms with Crippen molar-refractivity contribution < 1.29 is 22.7 Å². The van der Waals surface area contributed by atoms with Crippen LogP contribution in [0.5, 0.6) is 11.5 Å². The molecule has 1 aliphatic heterocycles. The fourth-order valence-electron chi connectivity index (χ4n) is 3.21. The number of sulfonamides is 1. The van der Waals surface area contributed by atoms with Crippen LogP contribution in [0.15, 0.2) is 36.4 Å². The van der Waals surface area contributed by atoms with Crippen LogP contribution < -0.4 is 19.1 Å². The largest absolute Gasteiger partial charge is 0.454 e. The monoisotopic (exact) mass is 438 g/mol. The molecule has 9 heteroatoms. The maximum atomic E-state index is 12.9. The Balaban J connectivity index is 1.83. The lowest BCUT2D eigenvalue weighted by molar-refractivity contribution is -0.122. The Bertz CT molecular complexity index is 1030. The third-order valence-corrected chi connectivity index (χ3v) is 6.04. The van der Waals surface area contributed by atoms with Crippen LogP contribution in [0.1, 0.15) is 24.5 Å². The van der Waals surface area contributed by atoms with E-state index in [1.807, 2.05) is 6.07 Å². The molecule has 1 amide bonds. The summed E-state index contributed by atoms with van der Waals surface area (Å²) in [4.78, 5) is 12.9. The molecule has 0 spiro atoms. The van der Waals surface area contributed by atoms with Crippen LogP contribution >= 0.6 is 11.6 Å². The second kappa shape index (κ2) is 8.51. The summed E-state index contributed by atoms with van der Waals surface area (Å²) < 4.78 is 36.9. The number of nitrogens with zero attached hydrogens (tertiary/aromatic N) is 1. The Hall–Kier alpha value is -2.45. The second-order valence-corrected chi connectivity index (χ2v) is 9.11. The van der Waals surface area contributed by atoms with Crippen LogP contribution in [0.4, 0.5) is 5.69 Å². The van der Waals surface area contributed by atoms with Gasteiger partial charge in [-0.2, -0.15) is 0 Å². The van der Waals surface area contributed by atoms with E-state index in [9.17, 15) is 13.2 Å². The van der Waals surface area contributed by atoms with E-state index < -0.39 is 22.0 Å². The first-order chi connectivity index (χ1) is 13.7. The number of amides is 1. The van der Waals surface area contributed by atoms with Gasteiger partial charge >= 0.3 is 0 Å². The zero-order valence-electron chi connectivity index (χ0n) is 16.4. The summed E-state index contributed by atoms with van der Waals surface area (Å²) in [6.45, 7) is 3.95. The lowest BCUT2D eigenvalue weighted by atomic mass is 10.1. The number of hydrogen-bond acceptors (Lipinski definition) is 5. The molecule has 156 valence electrons. The molecule has 0 aliphatic carbocycles. The van der Waals surface area contributed by atoms with Crippen LogP contribution in [0.3, 0.4) is 0 Å². The number of halogens is 1. The Morgan fingerprint density at radius 2 is 1.93 bits per heavy atom. The molecule has 29 heavy (non-hydrogen) atoms. The summed E-state index contributed by atoms with van der Waals surface area (Å²) in [6, 6.07) is 9.46. The molecule has 1 N–H and O–H groups in total. The summed E-state index contributed by atoms with van der Waals surface area (Å²) in [5, 5.41) is 3.22. The third kappa shape index (κ3) is 4.76. The van der Waals surface area contributed by atoms with Crippen molar-refractivity contribution in [1.29, 1.82) is 0 Å².